The summed E-state index contributed by atoms with van der Waals surface area (Å²) in [6.45, 7) is 6.87. The van der Waals surface area contributed by atoms with Gasteiger partial charge in [-0.1, -0.05) is 39.2 Å². The van der Waals surface area contributed by atoms with Crippen molar-refractivity contribution >= 4 is 11.8 Å². The molecule has 7 atom stereocenters. The average molecular weight is 441 g/mol. The Labute approximate surface area is 224 Å². The third-order valence-corrected chi connectivity index (χ3v) is 9.86. The van der Waals surface area contributed by atoms with E-state index in [1.807, 2.05) is 6.08 Å². The van der Waals surface area contributed by atoms with Crippen LogP contribution in [0.2, 0.25) is 0 Å². The molecule has 0 spiro atoms. The third-order valence-electron chi connectivity index (χ3n) is 9.86. The van der Waals surface area contributed by atoms with Gasteiger partial charge in [-0.05, 0) is 91.9 Å². The van der Waals surface area contributed by atoms with Crippen LogP contribution in [0.15, 0.2) is 11.6 Å². The molecule has 3 saturated carbocycles. The number of allylic oxidation sites excluding steroid dienone is 1. The molecule has 0 amide bonds. The van der Waals surface area contributed by atoms with Gasteiger partial charge >= 0.3 is 51.4 Å². The summed E-state index contributed by atoms with van der Waals surface area (Å²) >= 11 is 0. The molecule has 4 nitrogen and oxygen atoms in total. The molecule has 4 aliphatic carbocycles. The van der Waals surface area contributed by atoms with E-state index in [4.69, 9.17) is 0 Å². The Balaban J connectivity index is 0.00000256. The molecule has 0 bridgehead atoms. The van der Waals surface area contributed by atoms with Crippen LogP contribution in [0.5, 0.6) is 0 Å². The molecular formula is C25H37KO4. The Morgan fingerprint density at radius 1 is 1.20 bits per heavy atom. The van der Waals surface area contributed by atoms with Gasteiger partial charge in [0.2, 0.25) is 0 Å². The first-order valence-electron chi connectivity index (χ1n) is 11.8. The first kappa shape index (κ1) is 25.1. The number of aliphatic hydroxyl groups is 1. The first-order chi connectivity index (χ1) is 13.6. The van der Waals surface area contributed by atoms with Crippen molar-refractivity contribution in [2.75, 3.05) is 0 Å². The molecule has 1 N–H and O–H groups in total. The van der Waals surface area contributed by atoms with Crippen LogP contribution in [0.4, 0.5) is 0 Å². The summed E-state index contributed by atoms with van der Waals surface area (Å²) < 4.78 is 0. The summed E-state index contributed by atoms with van der Waals surface area (Å²) in [6.07, 6.45) is 10.9. The first-order valence-corrected chi connectivity index (χ1v) is 11.8. The molecule has 4 aliphatic rings. The SMILES string of the molecule is CCC[C@@H]1CC2=CC(=O)CC[C@]2(C)[C@@H]2CC[C@@]3(C)[C@H](CC[C@]3(O)CCC(=O)[O-])[C@H]12.[K+]. The summed E-state index contributed by atoms with van der Waals surface area (Å²) in [5.41, 5.74) is 0.411. The van der Waals surface area contributed by atoms with E-state index < -0.39 is 11.6 Å². The molecule has 0 unspecified atom stereocenters. The van der Waals surface area contributed by atoms with Gasteiger partial charge in [0.25, 0.3) is 0 Å². The number of fused-ring (bicyclic) bond motifs is 5. The molecule has 0 radical (unpaired) electrons. The topological polar surface area (TPSA) is 77.4 Å². The number of hydrogen-bond donors (Lipinski definition) is 1. The van der Waals surface area contributed by atoms with Crippen LogP contribution in [0.25, 0.3) is 0 Å². The van der Waals surface area contributed by atoms with Crippen LogP contribution in [-0.2, 0) is 9.59 Å². The Morgan fingerprint density at radius 3 is 2.57 bits per heavy atom. The zero-order valence-electron chi connectivity index (χ0n) is 19.3. The van der Waals surface area contributed by atoms with Crippen molar-refractivity contribution in [3.05, 3.63) is 11.6 Å². The fraction of sp³-hybridized carbons (Fsp3) is 0.840. The fourth-order valence-corrected chi connectivity index (χ4v) is 8.20. The van der Waals surface area contributed by atoms with Crippen molar-refractivity contribution in [2.45, 2.75) is 97.0 Å². The normalized spacial score (nSPS) is 44.9. The second-order valence-corrected chi connectivity index (χ2v) is 11.0. The van der Waals surface area contributed by atoms with Gasteiger partial charge in [0.05, 0.1) is 5.60 Å². The van der Waals surface area contributed by atoms with Crippen molar-refractivity contribution in [3.8, 4) is 0 Å². The summed E-state index contributed by atoms with van der Waals surface area (Å²) in [5.74, 6) is 1.40. The second-order valence-electron chi connectivity index (χ2n) is 11.0. The van der Waals surface area contributed by atoms with Crippen molar-refractivity contribution in [3.63, 3.8) is 0 Å². The van der Waals surface area contributed by atoms with Crippen LogP contribution in [0, 0.1) is 34.5 Å². The predicted molar refractivity (Wildman–Crippen MR) is 110 cm³/mol. The quantitative estimate of drug-likeness (QED) is 0.642. The zero-order valence-corrected chi connectivity index (χ0v) is 22.5. The van der Waals surface area contributed by atoms with Crippen molar-refractivity contribution in [2.24, 2.45) is 34.5 Å². The Hall–Kier alpha value is 0.476. The molecule has 4 rings (SSSR count). The molecule has 0 aromatic rings. The van der Waals surface area contributed by atoms with E-state index in [0.717, 1.165) is 38.5 Å². The molecule has 0 heterocycles. The van der Waals surface area contributed by atoms with Crippen molar-refractivity contribution in [1.82, 2.24) is 0 Å². The van der Waals surface area contributed by atoms with Crippen LogP contribution < -0.4 is 56.5 Å². The number of hydrogen-bond acceptors (Lipinski definition) is 4. The second kappa shape index (κ2) is 9.02. The van der Waals surface area contributed by atoms with E-state index in [0.29, 0.717) is 48.7 Å². The number of carbonyl (C=O) groups excluding carboxylic acids is 2. The number of rotatable bonds is 5. The summed E-state index contributed by atoms with van der Waals surface area (Å²) in [5, 5.41) is 22.7. The van der Waals surface area contributed by atoms with E-state index in [9.17, 15) is 19.8 Å². The minimum atomic E-state index is -1.06. The Bertz CT molecular complexity index is 733. The zero-order chi connectivity index (χ0) is 21.0. The molecule has 0 aromatic heterocycles. The van der Waals surface area contributed by atoms with Crippen LogP contribution in [0.3, 0.4) is 0 Å². The number of ketones is 1. The predicted octanol–water partition coefficient (Wildman–Crippen LogP) is 0.810. The minimum Gasteiger partial charge on any atom is -0.550 e. The summed E-state index contributed by atoms with van der Waals surface area (Å²) in [4.78, 5) is 23.3. The van der Waals surface area contributed by atoms with Crippen LogP contribution in [-0.4, -0.2) is 22.5 Å². The van der Waals surface area contributed by atoms with Gasteiger partial charge in [-0.2, -0.15) is 0 Å². The molecule has 162 valence electrons. The number of carboxylic acids is 1. The maximum atomic E-state index is 12.2. The van der Waals surface area contributed by atoms with E-state index in [1.54, 1.807) is 0 Å². The smallest absolute Gasteiger partial charge is 0.550 e. The van der Waals surface area contributed by atoms with Gasteiger partial charge in [-0.25, -0.2) is 0 Å². The van der Waals surface area contributed by atoms with Gasteiger partial charge < -0.3 is 15.0 Å². The Morgan fingerprint density at radius 2 is 1.90 bits per heavy atom. The molecular weight excluding hydrogens is 403 g/mol. The minimum absolute atomic E-state index is 0. The number of carbonyl (C=O) groups is 2. The van der Waals surface area contributed by atoms with Gasteiger partial charge in [-0.3, -0.25) is 4.79 Å². The monoisotopic (exact) mass is 440 g/mol. The maximum absolute atomic E-state index is 12.2. The summed E-state index contributed by atoms with van der Waals surface area (Å²) in [6, 6.07) is 0. The largest absolute Gasteiger partial charge is 1.00 e. The maximum Gasteiger partial charge on any atom is 1.00 e. The van der Waals surface area contributed by atoms with Crippen LogP contribution in [0.1, 0.15) is 91.4 Å². The molecule has 3 fully saturated rings. The summed E-state index contributed by atoms with van der Waals surface area (Å²) in [7, 11) is 0. The number of aliphatic carboxylic acids is 1. The molecule has 30 heavy (non-hydrogen) atoms. The molecule has 5 heteroatoms. The van der Waals surface area contributed by atoms with Gasteiger partial charge in [0, 0.05) is 12.4 Å². The molecule has 0 aliphatic heterocycles. The van der Waals surface area contributed by atoms with Crippen LogP contribution >= 0.6 is 0 Å². The van der Waals surface area contributed by atoms with E-state index in [1.165, 1.54) is 12.0 Å². The third kappa shape index (κ3) is 3.88. The van der Waals surface area contributed by atoms with Gasteiger partial charge in [0.15, 0.2) is 5.78 Å². The molecule has 0 saturated heterocycles. The fourth-order valence-electron chi connectivity index (χ4n) is 8.20. The van der Waals surface area contributed by atoms with Crippen molar-refractivity contribution in [1.29, 1.82) is 0 Å². The van der Waals surface area contributed by atoms with Gasteiger partial charge in [-0.15, -0.1) is 0 Å². The van der Waals surface area contributed by atoms with E-state index >= 15 is 0 Å². The van der Waals surface area contributed by atoms with E-state index in [-0.39, 0.29) is 68.6 Å². The standard InChI is InChI=1S/C25H38O4.K/c1-4-5-16-14-17-15-18(26)6-10-23(17,2)19-7-11-24(3)20(22(16)19)8-12-25(24,29)13-9-21(27)28;/h15-16,19-20,22,29H,4-14H2,1-3H3,(H,27,28);/q;+1/p-1/t16-,19-,20-,22-,23+,24+,25+;/m1./s1. The average Bonchev–Trinajstić information content (AvgIpc) is 2.93. The van der Waals surface area contributed by atoms with Gasteiger partial charge in [0.1, 0.15) is 0 Å². The van der Waals surface area contributed by atoms with E-state index in [2.05, 4.69) is 20.8 Å². The Kier molecular flexibility index (Phi) is 7.55. The number of carboxylic acid groups (broad SMARTS) is 1. The van der Waals surface area contributed by atoms with Crippen molar-refractivity contribution < 1.29 is 71.2 Å². The molecule has 0 aromatic carbocycles.